The van der Waals surface area contributed by atoms with Crippen molar-refractivity contribution >= 4 is 11.8 Å². The third-order valence-corrected chi connectivity index (χ3v) is 6.14. The van der Waals surface area contributed by atoms with Crippen LogP contribution in [-0.4, -0.2) is 45.3 Å². The zero-order chi connectivity index (χ0) is 23.7. The molecule has 0 saturated carbocycles. The summed E-state index contributed by atoms with van der Waals surface area (Å²) in [7, 11) is 1.60. The molecule has 0 aromatic heterocycles. The first kappa shape index (κ1) is 24.6. The third-order valence-electron chi connectivity index (χ3n) is 6.14. The minimum absolute atomic E-state index is 0.110. The summed E-state index contributed by atoms with van der Waals surface area (Å²) in [4.78, 5) is 24.7. The summed E-state index contributed by atoms with van der Waals surface area (Å²) < 4.78 is 16.4. The van der Waals surface area contributed by atoms with Crippen molar-refractivity contribution in [3.05, 3.63) is 59.7 Å². The molecule has 33 heavy (non-hydrogen) atoms. The van der Waals surface area contributed by atoms with E-state index in [-0.39, 0.29) is 23.7 Å². The largest absolute Gasteiger partial charge is 0.497 e. The lowest BCUT2D eigenvalue weighted by Crippen LogP contribution is -2.45. The van der Waals surface area contributed by atoms with Gasteiger partial charge in [-0.25, -0.2) is 0 Å². The summed E-state index contributed by atoms with van der Waals surface area (Å²) in [5, 5.41) is 6.01. The highest BCUT2D eigenvalue weighted by Crippen LogP contribution is 2.35. The van der Waals surface area contributed by atoms with Gasteiger partial charge in [0, 0.05) is 32.1 Å². The lowest BCUT2D eigenvalue weighted by Gasteiger charge is -2.38. The van der Waals surface area contributed by atoms with Gasteiger partial charge in [-0.15, -0.1) is 0 Å². The second kappa shape index (κ2) is 11.7. The summed E-state index contributed by atoms with van der Waals surface area (Å²) in [5.74, 6) is 1.27. The number of carbonyl (C=O) groups is 2. The fourth-order valence-corrected chi connectivity index (χ4v) is 4.26. The van der Waals surface area contributed by atoms with Crippen molar-refractivity contribution in [2.75, 3.05) is 33.5 Å². The summed E-state index contributed by atoms with van der Waals surface area (Å²) in [6.45, 7) is 5.87. The van der Waals surface area contributed by atoms with Crippen LogP contribution in [0, 0.1) is 0 Å². The van der Waals surface area contributed by atoms with E-state index >= 15 is 0 Å². The number of rotatable bonds is 10. The van der Waals surface area contributed by atoms with Gasteiger partial charge in [0.05, 0.1) is 26.2 Å². The SMILES string of the molecule is CCOc1ccc(C2(CNC(=O)CC(NC(C)=O)c3ccc(OC)cc3)CCOCC2)cc1. The van der Waals surface area contributed by atoms with E-state index in [1.807, 2.05) is 43.3 Å². The van der Waals surface area contributed by atoms with Crippen molar-refractivity contribution < 1.29 is 23.8 Å². The second-order valence-electron chi connectivity index (χ2n) is 8.36. The normalized spacial score (nSPS) is 15.8. The topological polar surface area (TPSA) is 85.9 Å². The zero-order valence-electron chi connectivity index (χ0n) is 19.7. The van der Waals surface area contributed by atoms with Crippen LogP contribution in [0.3, 0.4) is 0 Å². The summed E-state index contributed by atoms with van der Waals surface area (Å²) in [6, 6.07) is 15.1. The first-order valence-electron chi connectivity index (χ1n) is 11.4. The minimum Gasteiger partial charge on any atom is -0.497 e. The van der Waals surface area contributed by atoms with Gasteiger partial charge in [0.25, 0.3) is 0 Å². The first-order valence-corrected chi connectivity index (χ1v) is 11.4. The van der Waals surface area contributed by atoms with E-state index in [9.17, 15) is 9.59 Å². The molecule has 2 aromatic rings. The Bertz CT molecular complexity index is 905. The Balaban J connectivity index is 1.69. The maximum atomic E-state index is 12.9. The number of ether oxygens (including phenoxy) is 3. The molecule has 0 aliphatic carbocycles. The van der Waals surface area contributed by atoms with Crippen molar-refractivity contribution in [1.29, 1.82) is 0 Å². The van der Waals surface area contributed by atoms with Crippen LogP contribution < -0.4 is 20.1 Å². The average Bonchev–Trinajstić information content (AvgIpc) is 2.83. The van der Waals surface area contributed by atoms with Crippen molar-refractivity contribution in [3.8, 4) is 11.5 Å². The second-order valence-corrected chi connectivity index (χ2v) is 8.36. The molecule has 1 unspecified atom stereocenters. The fourth-order valence-electron chi connectivity index (χ4n) is 4.26. The highest BCUT2D eigenvalue weighted by molar-refractivity contribution is 5.79. The Hall–Kier alpha value is -3.06. The molecule has 1 aliphatic rings. The van der Waals surface area contributed by atoms with Crippen LogP contribution in [0.15, 0.2) is 48.5 Å². The van der Waals surface area contributed by atoms with Gasteiger partial charge in [-0.3, -0.25) is 9.59 Å². The Morgan fingerprint density at radius 3 is 2.24 bits per heavy atom. The number of hydrogen-bond acceptors (Lipinski definition) is 5. The van der Waals surface area contributed by atoms with Crippen LogP contribution in [0.5, 0.6) is 11.5 Å². The predicted molar refractivity (Wildman–Crippen MR) is 127 cm³/mol. The molecule has 178 valence electrons. The first-order chi connectivity index (χ1) is 16.0. The molecule has 1 saturated heterocycles. The number of nitrogens with one attached hydrogen (secondary N) is 2. The lowest BCUT2D eigenvalue weighted by molar-refractivity contribution is -0.123. The van der Waals surface area contributed by atoms with E-state index in [4.69, 9.17) is 14.2 Å². The van der Waals surface area contributed by atoms with Crippen molar-refractivity contribution in [2.24, 2.45) is 0 Å². The van der Waals surface area contributed by atoms with E-state index < -0.39 is 6.04 Å². The minimum atomic E-state index is -0.412. The molecule has 3 rings (SSSR count). The van der Waals surface area contributed by atoms with Crippen LogP contribution in [0.2, 0.25) is 0 Å². The van der Waals surface area contributed by atoms with Crippen LogP contribution in [0.4, 0.5) is 0 Å². The molecule has 7 heteroatoms. The number of methoxy groups -OCH3 is 1. The average molecular weight is 455 g/mol. The number of benzene rings is 2. The molecule has 2 aromatic carbocycles. The predicted octanol–water partition coefficient (Wildman–Crippen LogP) is 3.53. The molecule has 7 nitrogen and oxygen atoms in total. The van der Waals surface area contributed by atoms with Gasteiger partial charge in [-0.05, 0) is 55.2 Å². The highest BCUT2D eigenvalue weighted by atomic mass is 16.5. The van der Waals surface area contributed by atoms with Crippen LogP contribution >= 0.6 is 0 Å². The molecular formula is C26H34N2O5. The molecule has 0 radical (unpaired) electrons. The molecule has 1 fully saturated rings. The van der Waals surface area contributed by atoms with Gasteiger partial charge in [0.15, 0.2) is 0 Å². The molecule has 0 bridgehead atoms. The van der Waals surface area contributed by atoms with E-state index in [1.165, 1.54) is 12.5 Å². The quantitative estimate of drug-likeness (QED) is 0.574. The Morgan fingerprint density at radius 2 is 1.67 bits per heavy atom. The van der Waals surface area contributed by atoms with Crippen LogP contribution in [0.1, 0.15) is 50.3 Å². The van der Waals surface area contributed by atoms with Crippen molar-refractivity contribution in [1.82, 2.24) is 10.6 Å². The number of hydrogen-bond donors (Lipinski definition) is 2. The molecule has 0 spiro atoms. The summed E-state index contributed by atoms with van der Waals surface area (Å²) >= 11 is 0. The molecule has 1 aliphatic heterocycles. The van der Waals surface area contributed by atoms with Gasteiger partial charge in [0.1, 0.15) is 11.5 Å². The van der Waals surface area contributed by atoms with E-state index in [0.29, 0.717) is 26.4 Å². The van der Waals surface area contributed by atoms with Gasteiger partial charge >= 0.3 is 0 Å². The monoisotopic (exact) mass is 454 g/mol. The van der Waals surface area contributed by atoms with Crippen LogP contribution in [-0.2, 0) is 19.7 Å². The molecule has 2 amide bonds. The highest BCUT2D eigenvalue weighted by Gasteiger charge is 2.35. The molecule has 1 atom stereocenters. The Kier molecular flexibility index (Phi) is 8.72. The third kappa shape index (κ3) is 6.71. The fraction of sp³-hybridized carbons (Fsp3) is 0.462. The van der Waals surface area contributed by atoms with Gasteiger partial charge in [-0.2, -0.15) is 0 Å². The summed E-state index contributed by atoms with van der Waals surface area (Å²) in [5.41, 5.74) is 1.83. The van der Waals surface area contributed by atoms with E-state index in [0.717, 1.165) is 29.9 Å². The number of amides is 2. The van der Waals surface area contributed by atoms with Gasteiger partial charge in [-0.1, -0.05) is 24.3 Å². The molecular weight excluding hydrogens is 420 g/mol. The maximum absolute atomic E-state index is 12.9. The Morgan fingerprint density at radius 1 is 1.03 bits per heavy atom. The summed E-state index contributed by atoms with van der Waals surface area (Å²) in [6.07, 6.45) is 1.81. The van der Waals surface area contributed by atoms with Crippen LogP contribution in [0.25, 0.3) is 0 Å². The standard InChI is InChI=1S/C26H34N2O5/c1-4-33-23-11-7-21(8-12-23)26(13-15-32-16-14-26)18-27-25(30)17-24(28-19(2)29)20-5-9-22(31-3)10-6-20/h5-12,24H,4,13-18H2,1-3H3,(H,27,30)(H,28,29). The zero-order valence-corrected chi connectivity index (χ0v) is 19.7. The van der Waals surface area contributed by atoms with Crippen molar-refractivity contribution in [3.63, 3.8) is 0 Å². The Labute approximate surface area is 195 Å². The maximum Gasteiger partial charge on any atom is 0.222 e. The van der Waals surface area contributed by atoms with E-state index in [1.54, 1.807) is 7.11 Å². The van der Waals surface area contributed by atoms with Gasteiger partial charge < -0.3 is 24.8 Å². The smallest absolute Gasteiger partial charge is 0.222 e. The molecule has 1 heterocycles. The van der Waals surface area contributed by atoms with Crippen molar-refractivity contribution in [2.45, 2.75) is 44.6 Å². The van der Waals surface area contributed by atoms with Gasteiger partial charge in [0.2, 0.25) is 11.8 Å². The molecule has 2 N–H and O–H groups in total. The lowest BCUT2D eigenvalue weighted by atomic mass is 9.74. The van der Waals surface area contributed by atoms with E-state index in [2.05, 4.69) is 22.8 Å². The number of carbonyl (C=O) groups excluding carboxylic acids is 2.